The first-order valence-electron chi connectivity index (χ1n) is 6.34. The first-order valence-corrected chi connectivity index (χ1v) is 6.34. The van der Waals surface area contributed by atoms with Crippen molar-refractivity contribution in [1.29, 1.82) is 0 Å². The Balaban J connectivity index is 2.18. The van der Waals surface area contributed by atoms with Gasteiger partial charge >= 0.3 is 0 Å². The molecule has 20 heavy (non-hydrogen) atoms. The molecule has 0 saturated carbocycles. The lowest BCUT2D eigenvalue weighted by Gasteiger charge is -2.28. The number of carbonyl (C=O) groups is 2. The van der Waals surface area contributed by atoms with E-state index in [0.29, 0.717) is 18.8 Å². The van der Waals surface area contributed by atoms with Crippen LogP contribution in [0.25, 0.3) is 0 Å². The topological polar surface area (TPSA) is 58.6 Å². The van der Waals surface area contributed by atoms with E-state index in [0.717, 1.165) is 11.3 Å². The van der Waals surface area contributed by atoms with Gasteiger partial charge in [-0.3, -0.25) is 9.59 Å². The second-order valence-corrected chi connectivity index (χ2v) is 4.43. The molecule has 0 radical (unpaired) electrons. The van der Waals surface area contributed by atoms with Crippen LogP contribution in [-0.4, -0.2) is 31.6 Å². The molecule has 5 heteroatoms. The lowest BCUT2D eigenvalue weighted by Crippen LogP contribution is -2.42. The zero-order chi connectivity index (χ0) is 14.5. The van der Waals surface area contributed by atoms with Gasteiger partial charge in [0.1, 0.15) is 6.61 Å². The molecule has 1 N–H and O–H groups in total. The molecule has 1 heterocycles. The van der Waals surface area contributed by atoms with E-state index in [-0.39, 0.29) is 18.4 Å². The van der Waals surface area contributed by atoms with Gasteiger partial charge in [0.05, 0.1) is 6.61 Å². The molecule has 1 aliphatic rings. The summed E-state index contributed by atoms with van der Waals surface area (Å²) in [7, 11) is 0. The van der Waals surface area contributed by atoms with Crippen LogP contribution in [0.3, 0.4) is 0 Å². The summed E-state index contributed by atoms with van der Waals surface area (Å²) in [5.74, 6) is 4.57. The Hall–Kier alpha value is -2.32. The number of amides is 2. The van der Waals surface area contributed by atoms with Crippen LogP contribution in [0.5, 0.6) is 0 Å². The highest BCUT2D eigenvalue weighted by molar-refractivity contribution is 6.04. The SMILES string of the molecule is CC#CC(=O)Nc1ccc(N2CCOCC2=O)c(C)c1. The minimum atomic E-state index is -0.345. The van der Waals surface area contributed by atoms with E-state index in [1.165, 1.54) is 0 Å². The first-order chi connectivity index (χ1) is 9.61. The normalized spacial score (nSPS) is 14.5. The molecule has 0 bridgehead atoms. The molecule has 1 aromatic rings. The van der Waals surface area contributed by atoms with Crippen molar-refractivity contribution in [3.05, 3.63) is 23.8 Å². The average Bonchev–Trinajstić information content (AvgIpc) is 2.40. The number of anilines is 2. The monoisotopic (exact) mass is 272 g/mol. The van der Waals surface area contributed by atoms with Crippen molar-refractivity contribution in [3.63, 3.8) is 0 Å². The van der Waals surface area contributed by atoms with Gasteiger partial charge in [-0.25, -0.2) is 0 Å². The molecule has 1 saturated heterocycles. The number of rotatable bonds is 2. The number of morpholine rings is 1. The molecular formula is C15H16N2O3. The minimum Gasteiger partial charge on any atom is -0.370 e. The standard InChI is InChI=1S/C15H16N2O3/c1-3-4-14(18)16-12-5-6-13(11(2)9-12)17-7-8-20-10-15(17)19/h5-6,9H,7-8,10H2,1-2H3,(H,16,18). The van der Waals surface area contributed by atoms with Gasteiger partial charge in [0.2, 0.25) is 0 Å². The van der Waals surface area contributed by atoms with Crippen molar-refractivity contribution >= 4 is 23.2 Å². The van der Waals surface area contributed by atoms with E-state index in [2.05, 4.69) is 17.2 Å². The maximum Gasteiger partial charge on any atom is 0.300 e. The third-order valence-electron chi connectivity index (χ3n) is 2.97. The number of benzene rings is 1. The average molecular weight is 272 g/mol. The van der Waals surface area contributed by atoms with Gasteiger partial charge in [0.15, 0.2) is 0 Å². The fraction of sp³-hybridized carbons (Fsp3) is 0.333. The van der Waals surface area contributed by atoms with Crippen molar-refractivity contribution < 1.29 is 14.3 Å². The van der Waals surface area contributed by atoms with Crippen LogP contribution in [0.2, 0.25) is 0 Å². The summed E-state index contributed by atoms with van der Waals surface area (Å²) >= 11 is 0. The molecule has 0 atom stereocenters. The Morgan fingerprint density at radius 3 is 2.90 bits per heavy atom. The fourth-order valence-corrected chi connectivity index (χ4v) is 2.08. The van der Waals surface area contributed by atoms with Gasteiger partial charge in [0.25, 0.3) is 11.8 Å². The molecule has 5 nitrogen and oxygen atoms in total. The van der Waals surface area contributed by atoms with E-state index < -0.39 is 0 Å². The Morgan fingerprint density at radius 2 is 2.25 bits per heavy atom. The molecule has 104 valence electrons. The summed E-state index contributed by atoms with van der Waals surface area (Å²) < 4.78 is 5.11. The number of ether oxygens (including phenoxy) is 1. The summed E-state index contributed by atoms with van der Waals surface area (Å²) in [4.78, 5) is 24.9. The van der Waals surface area contributed by atoms with Gasteiger partial charge in [-0.2, -0.15) is 0 Å². The molecule has 2 amide bonds. The Bertz CT molecular complexity index is 599. The summed E-state index contributed by atoms with van der Waals surface area (Å²) in [5, 5.41) is 2.68. The second-order valence-electron chi connectivity index (χ2n) is 4.43. The van der Waals surface area contributed by atoms with E-state index in [4.69, 9.17) is 4.74 Å². The quantitative estimate of drug-likeness (QED) is 0.826. The Morgan fingerprint density at radius 1 is 1.45 bits per heavy atom. The predicted molar refractivity (Wildman–Crippen MR) is 76.4 cm³/mol. The lowest BCUT2D eigenvalue weighted by molar-refractivity contribution is -0.125. The number of hydrogen-bond donors (Lipinski definition) is 1. The van der Waals surface area contributed by atoms with Crippen molar-refractivity contribution in [2.75, 3.05) is 30.0 Å². The predicted octanol–water partition coefficient (Wildman–Crippen LogP) is 1.32. The lowest BCUT2D eigenvalue weighted by atomic mass is 10.1. The second kappa shape index (κ2) is 6.22. The van der Waals surface area contributed by atoms with Gasteiger partial charge in [-0.05, 0) is 43.5 Å². The molecule has 0 unspecified atom stereocenters. The number of aryl methyl sites for hydroxylation is 1. The number of nitrogens with one attached hydrogen (secondary N) is 1. The third kappa shape index (κ3) is 3.16. The third-order valence-corrected chi connectivity index (χ3v) is 2.97. The molecule has 0 aliphatic carbocycles. The van der Waals surface area contributed by atoms with Crippen LogP contribution in [0.1, 0.15) is 12.5 Å². The van der Waals surface area contributed by atoms with Crippen LogP contribution in [0, 0.1) is 18.8 Å². The van der Waals surface area contributed by atoms with Gasteiger partial charge < -0.3 is 15.0 Å². The Kier molecular flexibility index (Phi) is 4.38. The van der Waals surface area contributed by atoms with Gasteiger partial charge in [0, 0.05) is 17.9 Å². The van der Waals surface area contributed by atoms with Crippen LogP contribution < -0.4 is 10.2 Å². The summed E-state index contributed by atoms with van der Waals surface area (Å²) in [6, 6.07) is 5.42. The van der Waals surface area contributed by atoms with E-state index in [1.54, 1.807) is 17.9 Å². The summed E-state index contributed by atoms with van der Waals surface area (Å²) in [6.07, 6.45) is 0. The highest BCUT2D eigenvalue weighted by Gasteiger charge is 2.21. The van der Waals surface area contributed by atoms with Crippen molar-refractivity contribution in [2.24, 2.45) is 0 Å². The Labute approximate surface area is 117 Å². The molecule has 1 aromatic carbocycles. The largest absolute Gasteiger partial charge is 0.370 e. The maximum atomic E-state index is 11.8. The summed E-state index contributed by atoms with van der Waals surface area (Å²) in [6.45, 7) is 4.71. The molecule has 2 rings (SSSR count). The van der Waals surface area contributed by atoms with Gasteiger partial charge in [-0.1, -0.05) is 5.92 Å². The maximum absolute atomic E-state index is 11.8. The molecule has 0 spiro atoms. The molecule has 1 aliphatic heterocycles. The zero-order valence-corrected chi connectivity index (χ0v) is 11.5. The zero-order valence-electron chi connectivity index (χ0n) is 11.5. The highest BCUT2D eigenvalue weighted by Crippen LogP contribution is 2.24. The van der Waals surface area contributed by atoms with E-state index >= 15 is 0 Å². The number of nitrogens with zero attached hydrogens (tertiary/aromatic N) is 1. The molecular weight excluding hydrogens is 256 g/mol. The van der Waals surface area contributed by atoms with Crippen molar-refractivity contribution in [3.8, 4) is 11.8 Å². The van der Waals surface area contributed by atoms with Crippen molar-refractivity contribution in [2.45, 2.75) is 13.8 Å². The van der Waals surface area contributed by atoms with E-state index in [1.807, 2.05) is 19.1 Å². The summed E-state index contributed by atoms with van der Waals surface area (Å²) in [5.41, 5.74) is 2.43. The van der Waals surface area contributed by atoms with Crippen LogP contribution in [-0.2, 0) is 14.3 Å². The smallest absolute Gasteiger partial charge is 0.300 e. The molecule has 0 aromatic heterocycles. The number of hydrogen-bond acceptors (Lipinski definition) is 3. The van der Waals surface area contributed by atoms with E-state index in [9.17, 15) is 9.59 Å². The van der Waals surface area contributed by atoms with Crippen molar-refractivity contribution in [1.82, 2.24) is 0 Å². The van der Waals surface area contributed by atoms with Crippen LogP contribution >= 0.6 is 0 Å². The van der Waals surface area contributed by atoms with Gasteiger partial charge in [-0.15, -0.1) is 0 Å². The number of carbonyl (C=O) groups excluding carboxylic acids is 2. The molecule has 1 fully saturated rings. The highest BCUT2D eigenvalue weighted by atomic mass is 16.5. The first kappa shape index (κ1) is 14.1. The van der Waals surface area contributed by atoms with Crippen LogP contribution in [0.4, 0.5) is 11.4 Å². The van der Waals surface area contributed by atoms with Crippen LogP contribution in [0.15, 0.2) is 18.2 Å². The minimum absolute atomic E-state index is 0.0482. The fourth-order valence-electron chi connectivity index (χ4n) is 2.08.